The van der Waals surface area contributed by atoms with Crippen LogP contribution in [-0.2, 0) is 6.42 Å². The Morgan fingerprint density at radius 1 is 1.23 bits per heavy atom. The summed E-state index contributed by atoms with van der Waals surface area (Å²) in [6.07, 6.45) is 4.03. The number of nitrogens with zero attached hydrogens (tertiary/aromatic N) is 1. The zero-order valence-electron chi connectivity index (χ0n) is 12.8. The molecule has 1 amide bonds. The average molecular weight is 321 g/mol. The van der Waals surface area contributed by atoms with Crippen LogP contribution in [0.4, 0.5) is 0 Å². The zero-order chi connectivity index (χ0) is 15.1. The summed E-state index contributed by atoms with van der Waals surface area (Å²) in [5.41, 5.74) is 2.94. The summed E-state index contributed by atoms with van der Waals surface area (Å²) in [6.45, 7) is 5.28. The van der Waals surface area contributed by atoms with Gasteiger partial charge in [-0.3, -0.25) is 9.78 Å². The number of hydrogen-bond donors (Lipinski definition) is 1. The normalized spacial score (nSPS) is 9.73. The topological polar surface area (TPSA) is 51.2 Å². The molecule has 1 aromatic carbocycles. The van der Waals surface area contributed by atoms with Crippen molar-refractivity contribution < 1.29 is 9.53 Å². The quantitative estimate of drug-likeness (QED) is 0.889. The second-order valence-electron chi connectivity index (χ2n) is 4.77. The highest BCUT2D eigenvalue weighted by atomic mass is 35.5. The van der Waals surface area contributed by atoms with Crippen molar-refractivity contribution >= 4 is 18.3 Å². The van der Waals surface area contributed by atoms with E-state index >= 15 is 0 Å². The average Bonchev–Trinajstić information content (AvgIpc) is 2.51. The molecule has 5 heteroatoms. The molecule has 22 heavy (non-hydrogen) atoms. The summed E-state index contributed by atoms with van der Waals surface area (Å²) in [4.78, 5) is 15.8. The van der Waals surface area contributed by atoms with E-state index in [1.807, 2.05) is 26.0 Å². The van der Waals surface area contributed by atoms with Gasteiger partial charge >= 0.3 is 0 Å². The Morgan fingerprint density at radius 2 is 1.95 bits per heavy atom. The number of nitrogens with one attached hydrogen (secondary N) is 1. The molecule has 1 aromatic heterocycles. The van der Waals surface area contributed by atoms with Crippen LogP contribution in [0.2, 0.25) is 0 Å². The summed E-state index contributed by atoms with van der Waals surface area (Å²) in [5.74, 6) is 0.849. The van der Waals surface area contributed by atoms with Gasteiger partial charge in [-0.1, -0.05) is 12.1 Å². The van der Waals surface area contributed by atoms with Crippen molar-refractivity contribution in [3.8, 4) is 5.75 Å². The zero-order valence-corrected chi connectivity index (χ0v) is 13.7. The summed E-state index contributed by atoms with van der Waals surface area (Å²) < 4.78 is 5.52. The maximum atomic E-state index is 11.9. The molecule has 0 spiro atoms. The second kappa shape index (κ2) is 9.05. The number of aromatic nitrogens is 1. The van der Waals surface area contributed by atoms with E-state index < -0.39 is 0 Å². The third-order valence-electron chi connectivity index (χ3n) is 3.18. The number of halogens is 1. The number of benzene rings is 1. The van der Waals surface area contributed by atoms with Gasteiger partial charge in [0.2, 0.25) is 0 Å². The van der Waals surface area contributed by atoms with E-state index in [1.165, 1.54) is 5.56 Å². The largest absolute Gasteiger partial charge is 0.494 e. The van der Waals surface area contributed by atoms with Crippen molar-refractivity contribution in [3.63, 3.8) is 0 Å². The van der Waals surface area contributed by atoms with E-state index in [1.54, 1.807) is 24.5 Å². The Balaban J connectivity index is 0.00000242. The number of aryl methyl sites for hydroxylation is 1. The molecule has 0 saturated carbocycles. The molecule has 0 aliphatic heterocycles. The third-order valence-corrected chi connectivity index (χ3v) is 3.18. The van der Waals surface area contributed by atoms with Crippen LogP contribution in [0.15, 0.2) is 42.7 Å². The first-order chi connectivity index (χ1) is 10.2. The van der Waals surface area contributed by atoms with Crippen LogP contribution in [0.3, 0.4) is 0 Å². The predicted molar refractivity (Wildman–Crippen MR) is 89.9 cm³/mol. The lowest BCUT2D eigenvalue weighted by Crippen LogP contribution is -2.25. The van der Waals surface area contributed by atoms with Crippen LogP contribution in [-0.4, -0.2) is 24.0 Å². The van der Waals surface area contributed by atoms with Crippen molar-refractivity contribution in [2.75, 3.05) is 13.2 Å². The van der Waals surface area contributed by atoms with Gasteiger partial charge in [0.15, 0.2) is 0 Å². The molecule has 0 aliphatic carbocycles. The Kier molecular flexibility index (Phi) is 7.40. The molecule has 0 aliphatic rings. The fourth-order valence-electron chi connectivity index (χ4n) is 2.11. The lowest BCUT2D eigenvalue weighted by Gasteiger charge is -2.09. The lowest BCUT2D eigenvalue weighted by atomic mass is 10.1. The van der Waals surface area contributed by atoms with Gasteiger partial charge in [0.05, 0.1) is 6.61 Å². The molecule has 0 radical (unpaired) electrons. The van der Waals surface area contributed by atoms with E-state index in [2.05, 4.69) is 16.4 Å². The maximum Gasteiger partial charge on any atom is 0.251 e. The van der Waals surface area contributed by atoms with Crippen molar-refractivity contribution in [1.29, 1.82) is 0 Å². The van der Waals surface area contributed by atoms with Crippen LogP contribution in [0.1, 0.15) is 28.4 Å². The highest BCUT2D eigenvalue weighted by Gasteiger charge is 2.05. The minimum atomic E-state index is -0.0694. The number of carbonyl (C=O) groups excluding carboxylic acids is 1. The molecule has 0 bridgehead atoms. The van der Waals surface area contributed by atoms with E-state index in [9.17, 15) is 4.79 Å². The van der Waals surface area contributed by atoms with Crippen LogP contribution in [0.5, 0.6) is 5.75 Å². The predicted octanol–water partition coefficient (Wildman–Crippen LogP) is 3.18. The highest BCUT2D eigenvalue weighted by Crippen LogP contribution is 2.19. The van der Waals surface area contributed by atoms with Gasteiger partial charge in [0.1, 0.15) is 5.75 Å². The van der Waals surface area contributed by atoms with E-state index in [0.29, 0.717) is 18.7 Å². The standard InChI is InChI=1S/C17H20N2O2.ClH/c1-3-21-16-5-4-14(12-13(16)2)6-11-19-17(20)15-7-9-18-10-8-15;/h4-5,7-10,12H,3,6,11H2,1-2H3,(H,19,20);1H. The SMILES string of the molecule is CCOc1ccc(CCNC(=O)c2ccncc2)cc1C.Cl. The third kappa shape index (κ3) is 5.04. The van der Waals surface area contributed by atoms with Crippen LogP contribution in [0, 0.1) is 6.92 Å². The summed E-state index contributed by atoms with van der Waals surface area (Å²) >= 11 is 0. The molecule has 118 valence electrons. The molecule has 1 N–H and O–H groups in total. The first-order valence-electron chi connectivity index (χ1n) is 7.11. The van der Waals surface area contributed by atoms with Crippen molar-refractivity contribution in [2.24, 2.45) is 0 Å². The molecule has 2 rings (SSSR count). The summed E-state index contributed by atoms with van der Waals surface area (Å²) in [5, 5.41) is 2.91. The Bertz CT molecular complexity index is 603. The lowest BCUT2D eigenvalue weighted by molar-refractivity contribution is 0.0954. The van der Waals surface area contributed by atoms with E-state index in [0.717, 1.165) is 17.7 Å². The van der Waals surface area contributed by atoms with Crippen LogP contribution in [0.25, 0.3) is 0 Å². The smallest absolute Gasteiger partial charge is 0.251 e. The molecule has 1 heterocycles. The fourth-order valence-corrected chi connectivity index (χ4v) is 2.11. The monoisotopic (exact) mass is 320 g/mol. The molecule has 2 aromatic rings. The van der Waals surface area contributed by atoms with E-state index in [4.69, 9.17) is 4.74 Å². The van der Waals surface area contributed by atoms with Gasteiger partial charge in [0, 0.05) is 24.5 Å². The Labute approximate surface area is 137 Å². The minimum Gasteiger partial charge on any atom is -0.494 e. The van der Waals surface area contributed by atoms with Gasteiger partial charge in [-0.2, -0.15) is 0 Å². The van der Waals surface area contributed by atoms with Gasteiger partial charge in [0.25, 0.3) is 5.91 Å². The Hall–Kier alpha value is -2.07. The number of rotatable bonds is 6. The maximum absolute atomic E-state index is 11.9. The summed E-state index contributed by atoms with van der Waals surface area (Å²) in [7, 11) is 0. The van der Waals surface area contributed by atoms with E-state index in [-0.39, 0.29) is 18.3 Å². The molecular weight excluding hydrogens is 300 g/mol. The molecule has 4 nitrogen and oxygen atoms in total. The van der Waals surface area contributed by atoms with Crippen molar-refractivity contribution in [1.82, 2.24) is 10.3 Å². The highest BCUT2D eigenvalue weighted by molar-refractivity contribution is 5.93. The van der Waals surface area contributed by atoms with Crippen LogP contribution < -0.4 is 10.1 Å². The van der Waals surface area contributed by atoms with Gasteiger partial charge in [-0.05, 0) is 49.6 Å². The number of amides is 1. The second-order valence-corrected chi connectivity index (χ2v) is 4.77. The minimum absolute atomic E-state index is 0. The molecule has 0 atom stereocenters. The number of hydrogen-bond acceptors (Lipinski definition) is 3. The molecule has 0 saturated heterocycles. The Morgan fingerprint density at radius 3 is 2.59 bits per heavy atom. The van der Waals surface area contributed by atoms with Gasteiger partial charge in [-0.25, -0.2) is 0 Å². The number of pyridine rings is 1. The van der Waals surface area contributed by atoms with Gasteiger partial charge in [-0.15, -0.1) is 12.4 Å². The van der Waals surface area contributed by atoms with Crippen molar-refractivity contribution in [2.45, 2.75) is 20.3 Å². The summed E-state index contributed by atoms with van der Waals surface area (Å²) in [6, 6.07) is 9.53. The van der Waals surface area contributed by atoms with Crippen molar-refractivity contribution in [3.05, 3.63) is 59.4 Å². The first-order valence-corrected chi connectivity index (χ1v) is 7.11. The van der Waals surface area contributed by atoms with Gasteiger partial charge < -0.3 is 10.1 Å². The molecule has 0 unspecified atom stereocenters. The molecule has 0 fully saturated rings. The molecular formula is C17H21ClN2O2. The first kappa shape index (κ1) is 18.0. The van der Waals surface area contributed by atoms with Crippen LogP contribution >= 0.6 is 12.4 Å². The number of carbonyl (C=O) groups is 1. The fraction of sp³-hybridized carbons (Fsp3) is 0.294. The number of ether oxygens (including phenoxy) is 1.